The molecule has 2 nitrogen and oxygen atoms in total. The van der Waals surface area contributed by atoms with E-state index in [1.54, 1.807) is 0 Å². The lowest BCUT2D eigenvalue weighted by atomic mass is 10.0. The largest absolute Gasteiger partial charge is 0.416 e. The van der Waals surface area contributed by atoms with Gasteiger partial charge in [-0.15, -0.1) is 0 Å². The molecule has 0 unspecified atom stereocenters. The zero-order chi connectivity index (χ0) is 19.0. The third-order valence-electron chi connectivity index (χ3n) is 3.03. The maximum Gasteiger partial charge on any atom is 0.416 e. The molecule has 0 saturated heterocycles. The number of carbonyl (C=O) groups excluding carboxylic acids is 1. The third kappa shape index (κ3) is 4.79. The lowest BCUT2D eigenvalue weighted by Gasteiger charge is -2.14. The quantitative estimate of drug-likeness (QED) is 0.589. The summed E-state index contributed by atoms with van der Waals surface area (Å²) in [5.41, 5.74) is -4.00. The Hall–Kier alpha value is -1.93. The third-order valence-corrected chi connectivity index (χ3v) is 3.58. The lowest BCUT2D eigenvalue weighted by Crippen LogP contribution is -2.17. The zero-order valence-corrected chi connectivity index (χ0v) is 13.4. The maximum absolute atomic E-state index is 12.8. The van der Waals surface area contributed by atoms with Crippen molar-refractivity contribution in [1.29, 1.82) is 0 Å². The van der Waals surface area contributed by atoms with Crippen LogP contribution in [0.5, 0.6) is 0 Å². The first-order valence-corrected chi connectivity index (χ1v) is 7.19. The van der Waals surface area contributed by atoms with Crippen LogP contribution in [0.3, 0.4) is 0 Å². The second-order valence-electron chi connectivity index (χ2n) is 4.87. The van der Waals surface area contributed by atoms with Gasteiger partial charge in [0.2, 0.25) is 0 Å². The topological polar surface area (TPSA) is 29.1 Å². The SMILES string of the molecule is O=C(Nc1ccc(Cl)cc1Cl)c1cc(C(F)(F)F)cc(C(F)(F)F)c1. The monoisotopic (exact) mass is 401 g/mol. The van der Waals surface area contributed by atoms with E-state index in [9.17, 15) is 31.1 Å². The number of rotatable bonds is 2. The van der Waals surface area contributed by atoms with Gasteiger partial charge in [-0.05, 0) is 36.4 Å². The van der Waals surface area contributed by atoms with Crippen molar-refractivity contribution in [3.8, 4) is 0 Å². The Morgan fingerprint density at radius 2 is 1.36 bits per heavy atom. The van der Waals surface area contributed by atoms with Gasteiger partial charge >= 0.3 is 12.4 Å². The summed E-state index contributed by atoms with van der Waals surface area (Å²) < 4.78 is 76.8. The van der Waals surface area contributed by atoms with Crippen LogP contribution >= 0.6 is 23.2 Å². The van der Waals surface area contributed by atoms with E-state index in [0.29, 0.717) is 12.1 Å². The minimum Gasteiger partial charge on any atom is -0.321 e. The minimum absolute atomic E-state index is 0.0120. The molecular formula is C15H7Cl2F6NO. The Morgan fingerprint density at radius 1 is 0.840 bits per heavy atom. The average molecular weight is 402 g/mol. The molecule has 0 fully saturated rings. The molecule has 25 heavy (non-hydrogen) atoms. The van der Waals surface area contributed by atoms with Crippen molar-refractivity contribution >= 4 is 34.8 Å². The summed E-state index contributed by atoms with van der Waals surface area (Å²) in [4.78, 5) is 12.1. The van der Waals surface area contributed by atoms with Gasteiger partial charge in [-0.25, -0.2) is 0 Å². The van der Waals surface area contributed by atoms with Gasteiger partial charge in [-0.3, -0.25) is 4.79 Å². The molecule has 2 aromatic carbocycles. The molecule has 0 heterocycles. The standard InChI is InChI=1S/C15H7Cl2F6NO/c16-10-1-2-12(11(17)6-10)24-13(25)7-3-8(14(18,19)20)5-9(4-7)15(21,22)23/h1-6H,(H,24,25). The number of anilines is 1. The molecule has 0 saturated carbocycles. The first-order chi connectivity index (χ1) is 11.4. The van der Waals surface area contributed by atoms with Crippen LogP contribution in [0.25, 0.3) is 0 Å². The molecule has 134 valence electrons. The van der Waals surface area contributed by atoms with E-state index in [4.69, 9.17) is 23.2 Å². The highest BCUT2D eigenvalue weighted by atomic mass is 35.5. The smallest absolute Gasteiger partial charge is 0.321 e. The van der Waals surface area contributed by atoms with Gasteiger partial charge < -0.3 is 5.32 Å². The van der Waals surface area contributed by atoms with Crippen LogP contribution in [0, 0.1) is 0 Å². The number of alkyl halides is 6. The minimum atomic E-state index is -5.05. The van der Waals surface area contributed by atoms with E-state index in [-0.39, 0.29) is 21.8 Å². The predicted molar refractivity (Wildman–Crippen MR) is 80.9 cm³/mol. The molecule has 0 aliphatic heterocycles. The van der Waals surface area contributed by atoms with Gasteiger partial charge in [0.05, 0.1) is 21.8 Å². The van der Waals surface area contributed by atoms with Gasteiger partial charge in [0, 0.05) is 10.6 Å². The van der Waals surface area contributed by atoms with Crippen LogP contribution in [0.15, 0.2) is 36.4 Å². The highest BCUT2D eigenvalue weighted by Crippen LogP contribution is 2.36. The van der Waals surface area contributed by atoms with Gasteiger partial charge in [-0.1, -0.05) is 23.2 Å². The van der Waals surface area contributed by atoms with Crippen LogP contribution in [-0.2, 0) is 12.4 Å². The molecular weight excluding hydrogens is 395 g/mol. The van der Waals surface area contributed by atoms with Gasteiger partial charge in [-0.2, -0.15) is 26.3 Å². The number of carbonyl (C=O) groups is 1. The molecule has 0 atom stereocenters. The van der Waals surface area contributed by atoms with Crippen molar-refractivity contribution in [2.75, 3.05) is 5.32 Å². The molecule has 2 rings (SSSR count). The number of amides is 1. The Morgan fingerprint density at radius 3 is 1.80 bits per heavy atom. The molecule has 2 aromatic rings. The van der Waals surface area contributed by atoms with E-state index in [1.807, 2.05) is 0 Å². The molecule has 0 radical (unpaired) electrons. The Labute approximate surface area is 147 Å². The fourth-order valence-corrected chi connectivity index (χ4v) is 2.33. The van der Waals surface area contributed by atoms with Crippen molar-refractivity contribution in [1.82, 2.24) is 0 Å². The van der Waals surface area contributed by atoms with E-state index in [2.05, 4.69) is 5.32 Å². The predicted octanol–water partition coefficient (Wildman–Crippen LogP) is 6.28. The molecule has 0 aromatic heterocycles. The highest BCUT2D eigenvalue weighted by Gasteiger charge is 2.37. The second kappa shape index (κ2) is 6.76. The summed E-state index contributed by atoms with van der Waals surface area (Å²) in [6.45, 7) is 0. The van der Waals surface area contributed by atoms with Gasteiger partial charge in [0.1, 0.15) is 0 Å². The van der Waals surface area contributed by atoms with E-state index in [0.717, 1.165) is 0 Å². The van der Waals surface area contributed by atoms with Crippen LogP contribution < -0.4 is 5.32 Å². The summed E-state index contributed by atoms with van der Waals surface area (Å²) in [5, 5.41) is 2.36. The van der Waals surface area contributed by atoms with Crippen molar-refractivity contribution < 1.29 is 31.1 Å². The summed E-state index contributed by atoms with van der Waals surface area (Å²) in [5.74, 6) is -1.18. The number of benzene rings is 2. The van der Waals surface area contributed by atoms with Crippen LogP contribution in [-0.4, -0.2) is 5.91 Å². The molecule has 0 aliphatic rings. The molecule has 1 N–H and O–H groups in total. The molecule has 10 heteroatoms. The fourth-order valence-electron chi connectivity index (χ4n) is 1.87. The molecule has 0 aliphatic carbocycles. The number of halogens is 8. The van der Waals surface area contributed by atoms with Crippen LogP contribution in [0.1, 0.15) is 21.5 Å². The summed E-state index contributed by atoms with van der Waals surface area (Å²) >= 11 is 11.5. The van der Waals surface area contributed by atoms with Crippen molar-refractivity contribution in [3.05, 3.63) is 63.1 Å². The Bertz CT molecular complexity index is 784. The number of hydrogen-bond donors (Lipinski definition) is 1. The van der Waals surface area contributed by atoms with Crippen molar-refractivity contribution in [3.63, 3.8) is 0 Å². The summed E-state index contributed by atoms with van der Waals surface area (Å²) in [7, 11) is 0. The number of hydrogen-bond acceptors (Lipinski definition) is 1. The fraction of sp³-hybridized carbons (Fsp3) is 0.133. The van der Waals surface area contributed by atoms with Gasteiger partial charge in [0.25, 0.3) is 5.91 Å². The van der Waals surface area contributed by atoms with E-state index < -0.39 is 35.0 Å². The highest BCUT2D eigenvalue weighted by molar-refractivity contribution is 6.36. The first kappa shape index (κ1) is 19.4. The van der Waals surface area contributed by atoms with E-state index in [1.165, 1.54) is 18.2 Å². The van der Waals surface area contributed by atoms with Gasteiger partial charge in [0.15, 0.2) is 0 Å². The normalized spacial score (nSPS) is 12.2. The summed E-state index contributed by atoms with van der Waals surface area (Å²) in [6, 6.07) is 4.46. The summed E-state index contributed by atoms with van der Waals surface area (Å²) in [6.07, 6.45) is -10.1. The van der Waals surface area contributed by atoms with Crippen molar-refractivity contribution in [2.24, 2.45) is 0 Å². The Kier molecular flexibility index (Phi) is 5.24. The molecule has 0 spiro atoms. The van der Waals surface area contributed by atoms with Crippen LogP contribution in [0.2, 0.25) is 10.0 Å². The Balaban J connectivity index is 2.44. The van der Waals surface area contributed by atoms with Crippen LogP contribution in [0.4, 0.5) is 32.0 Å². The molecule has 1 amide bonds. The zero-order valence-electron chi connectivity index (χ0n) is 11.9. The lowest BCUT2D eigenvalue weighted by molar-refractivity contribution is -0.143. The maximum atomic E-state index is 12.8. The number of nitrogens with one attached hydrogen (secondary N) is 1. The average Bonchev–Trinajstić information content (AvgIpc) is 2.47. The van der Waals surface area contributed by atoms with Crippen molar-refractivity contribution in [2.45, 2.75) is 12.4 Å². The first-order valence-electron chi connectivity index (χ1n) is 6.44. The van der Waals surface area contributed by atoms with E-state index >= 15 is 0 Å². The molecule has 0 bridgehead atoms. The second-order valence-corrected chi connectivity index (χ2v) is 5.72.